The molecule has 0 saturated carbocycles. The van der Waals surface area contributed by atoms with Crippen LogP contribution in [0.4, 0.5) is 0 Å². The Balaban J connectivity index is 2.71. The van der Waals surface area contributed by atoms with Gasteiger partial charge in [0.1, 0.15) is 15.8 Å². The normalized spacial score (nSPS) is 10.6. The van der Waals surface area contributed by atoms with Gasteiger partial charge in [0.25, 0.3) is 0 Å². The molecule has 7 heteroatoms. The summed E-state index contributed by atoms with van der Waals surface area (Å²) in [6.07, 6.45) is 1.96. The average Bonchev–Trinajstić information content (AvgIpc) is 2.37. The number of Topliss-reactive ketones (excluding diaryl/α,β-unsaturated/α-hetero) is 1. The van der Waals surface area contributed by atoms with Crippen molar-refractivity contribution in [1.82, 2.24) is 0 Å². The third-order valence-electron chi connectivity index (χ3n) is 2.34. The second-order valence-electron chi connectivity index (χ2n) is 3.91. The Bertz CT molecular complexity index is 458. The van der Waals surface area contributed by atoms with E-state index in [2.05, 4.69) is 0 Å². The van der Waals surface area contributed by atoms with E-state index in [1.54, 1.807) is 6.92 Å². The molecular weight excluding hydrogens is 353 g/mol. The molecule has 0 fully saturated rings. The number of unbranched alkanes of at least 4 members (excludes halogenated alkanes) is 1. The van der Waals surface area contributed by atoms with Gasteiger partial charge in [-0.25, -0.2) is 0 Å². The van der Waals surface area contributed by atoms with E-state index < -0.39 is 0 Å². The van der Waals surface area contributed by atoms with Crippen molar-refractivity contribution >= 4 is 63.8 Å². The monoisotopic (exact) mass is 362 g/mol. The summed E-state index contributed by atoms with van der Waals surface area (Å²) in [5, 5.41) is 0.579. The minimum atomic E-state index is 0.0993. The molecule has 2 nitrogen and oxygen atoms in total. The van der Waals surface area contributed by atoms with E-state index in [0.29, 0.717) is 19.4 Å². The van der Waals surface area contributed by atoms with Crippen molar-refractivity contribution < 1.29 is 9.53 Å². The molecule has 0 aliphatic carbocycles. The summed E-state index contributed by atoms with van der Waals surface area (Å²) >= 11 is 29.7. The fraction of sp³-hybridized carbons (Fsp3) is 0.417. The maximum absolute atomic E-state index is 10.8. The molecule has 19 heavy (non-hydrogen) atoms. The summed E-state index contributed by atoms with van der Waals surface area (Å²) < 4.78 is 5.46. The molecule has 1 rings (SSSR count). The largest absolute Gasteiger partial charge is 0.490 e. The molecule has 0 atom stereocenters. The summed E-state index contributed by atoms with van der Waals surface area (Å²) in [6.45, 7) is 1.91. The maximum Gasteiger partial charge on any atom is 0.159 e. The first-order valence-corrected chi connectivity index (χ1v) is 7.39. The van der Waals surface area contributed by atoms with E-state index in [9.17, 15) is 4.79 Å². The topological polar surface area (TPSA) is 26.3 Å². The SMILES string of the molecule is CC(=O)CCCCOc1c(Cl)c(Cl)c(Cl)c(Cl)c1Cl. The predicted octanol–water partition coefficient (Wildman–Crippen LogP) is 6.09. The van der Waals surface area contributed by atoms with Crippen LogP contribution < -0.4 is 4.74 Å². The van der Waals surface area contributed by atoms with Crippen LogP contribution in [0, 0.1) is 0 Å². The molecule has 0 aliphatic heterocycles. The van der Waals surface area contributed by atoms with Gasteiger partial charge >= 0.3 is 0 Å². The number of ketones is 1. The van der Waals surface area contributed by atoms with Crippen molar-refractivity contribution in [2.45, 2.75) is 26.2 Å². The first kappa shape index (κ1) is 17.2. The lowest BCUT2D eigenvalue weighted by molar-refractivity contribution is -0.117. The zero-order chi connectivity index (χ0) is 14.6. The van der Waals surface area contributed by atoms with E-state index >= 15 is 0 Å². The number of halogens is 5. The highest BCUT2D eigenvalue weighted by atomic mass is 35.5. The lowest BCUT2D eigenvalue weighted by atomic mass is 10.2. The Kier molecular flexibility index (Phi) is 7.06. The van der Waals surface area contributed by atoms with Crippen molar-refractivity contribution in [3.05, 3.63) is 25.1 Å². The van der Waals surface area contributed by atoms with Crippen LogP contribution >= 0.6 is 58.0 Å². The van der Waals surface area contributed by atoms with E-state index in [1.807, 2.05) is 0 Å². The Labute approximate surface area is 136 Å². The van der Waals surface area contributed by atoms with Crippen LogP contribution in [0.5, 0.6) is 5.75 Å². The predicted molar refractivity (Wildman–Crippen MR) is 81.5 cm³/mol. The second kappa shape index (κ2) is 7.80. The Hall–Kier alpha value is 0.140. The van der Waals surface area contributed by atoms with Crippen LogP contribution in [0.15, 0.2) is 0 Å². The molecule has 0 saturated heterocycles. The summed E-state index contributed by atoms with van der Waals surface area (Å²) in [6, 6.07) is 0. The molecular formula is C12H11Cl5O2. The van der Waals surface area contributed by atoms with Gasteiger partial charge < -0.3 is 9.53 Å². The van der Waals surface area contributed by atoms with E-state index in [4.69, 9.17) is 62.7 Å². The van der Waals surface area contributed by atoms with Gasteiger partial charge in [0.15, 0.2) is 5.75 Å². The summed E-state index contributed by atoms with van der Waals surface area (Å²) in [5.41, 5.74) is 0. The van der Waals surface area contributed by atoms with Crippen LogP contribution in [-0.2, 0) is 4.79 Å². The van der Waals surface area contributed by atoms with Crippen molar-refractivity contribution in [2.24, 2.45) is 0 Å². The smallest absolute Gasteiger partial charge is 0.159 e. The lowest BCUT2D eigenvalue weighted by Gasteiger charge is -2.13. The number of ether oxygens (including phenoxy) is 1. The van der Waals surface area contributed by atoms with Crippen molar-refractivity contribution in [1.29, 1.82) is 0 Å². The molecule has 0 aliphatic rings. The zero-order valence-corrected chi connectivity index (χ0v) is 13.8. The molecule has 106 valence electrons. The van der Waals surface area contributed by atoms with Crippen molar-refractivity contribution in [3.63, 3.8) is 0 Å². The van der Waals surface area contributed by atoms with Gasteiger partial charge in [-0.2, -0.15) is 0 Å². The van der Waals surface area contributed by atoms with Gasteiger partial charge in [0.05, 0.1) is 21.7 Å². The van der Waals surface area contributed by atoms with Gasteiger partial charge in [0.2, 0.25) is 0 Å². The van der Waals surface area contributed by atoms with Crippen molar-refractivity contribution in [3.8, 4) is 5.75 Å². The molecule has 0 aromatic heterocycles. The standard InChI is InChI=1S/C12H11Cl5O2/c1-6(18)4-2-3-5-19-12-10(16)8(14)7(13)9(15)11(12)17/h2-5H2,1H3. The van der Waals surface area contributed by atoms with Crippen LogP contribution in [0.3, 0.4) is 0 Å². The zero-order valence-electron chi connectivity index (χ0n) is 10.0. The van der Waals surface area contributed by atoms with Gasteiger partial charge in [-0.1, -0.05) is 58.0 Å². The highest BCUT2D eigenvalue weighted by Gasteiger charge is 2.20. The Morgan fingerprint density at radius 3 is 1.84 bits per heavy atom. The molecule has 0 spiro atoms. The number of carbonyl (C=O) groups excluding carboxylic acids is 1. The molecule has 1 aromatic carbocycles. The molecule has 0 N–H and O–H groups in total. The van der Waals surface area contributed by atoms with Crippen LogP contribution in [0.25, 0.3) is 0 Å². The maximum atomic E-state index is 10.8. The highest BCUT2D eigenvalue weighted by molar-refractivity contribution is 6.55. The number of rotatable bonds is 6. The van der Waals surface area contributed by atoms with E-state index in [-0.39, 0.29) is 36.6 Å². The molecule has 0 amide bonds. The number of carbonyl (C=O) groups is 1. The second-order valence-corrected chi connectivity index (χ2v) is 5.80. The minimum absolute atomic E-state index is 0.0993. The van der Waals surface area contributed by atoms with Gasteiger partial charge in [-0.3, -0.25) is 0 Å². The van der Waals surface area contributed by atoms with Gasteiger partial charge in [0, 0.05) is 6.42 Å². The molecule has 0 radical (unpaired) electrons. The molecule has 0 unspecified atom stereocenters. The van der Waals surface area contributed by atoms with Crippen molar-refractivity contribution in [2.75, 3.05) is 6.61 Å². The Morgan fingerprint density at radius 2 is 1.37 bits per heavy atom. The van der Waals surface area contributed by atoms with E-state index in [0.717, 1.165) is 6.42 Å². The molecule has 0 bridgehead atoms. The average molecular weight is 364 g/mol. The van der Waals surface area contributed by atoms with E-state index in [1.165, 1.54) is 0 Å². The summed E-state index contributed by atoms with van der Waals surface area (Å²) in [4.78, 5) is 10.8. The quantitative estimate of drug-likeness (QED) is 0.347. The van der Waals surface area contributed by atoms with Gasteiger partial charge in [-0.15, -0.1) is 0 Å². The number of hydrogen-bond acceptors (Lipinski definition) is 2. The lowest BCUT2D eigenvalue weighted by Crippen LogP contribution is -2.00. The van der Waals surface area contributed by atoms with Crippen LogP contribution in [-0.4, -0.2) is 12.4 Å². The number of hydrogen-bond donors (Lipinski definition) is 0. The first-order chi connectivity index (χ1) is 8.86. The fourth-order valence-electron chi connectivity index (χ4n) is 1.36. The summed E-state index contributed by atoms with van der Waals surface area (Å²) in [5.74, 6) is 0.360. The highest BCUT2D eigenvalue weighted by Crippen LogP contribution is 2.48. The number of benzene rings is 1. The fourth-order valence-corrected chi connectivity index (χ4v) is 2.59. The molecule has 0 heterocycles. The third kappa shape index (κ3) is 4.57. The van der Waals surface area contributed by atoms with Gasteiger partial charge in [-0.05, 0) is 19.8 Å². The Morgan fingerprint density at radius 1 is 0.895 bits per heavy atom. The first-order valence-electron chi connectivity index (χ1n) is 5.50. The minimum Gasteiger partial charge on any atom is -0.490 e. The summed E-state index contributed by atoms with van der Waals surface area (Å²) in [7, 11) is 0. The molecule has 1 aromatic rings. The third-order valence-corrected chi connectivity index (χ3v) is 4.58. The van der Waals surface area contributed by atoms with Crippen LogP contribution in [0.1, 0.15) is 26.2 Å². The van der Waals surface area contributed by atoms with Crippen LogP contribution in [0.2, 0.25) is 25.1 Å².